The second-order valence-electron chi connectivity index (χ2n) is 6.23. The average molecular weight is 378 g/mol. The number of hydrogen-bond acceptors (Lipinski definition) is 4. The summed E-state index contributed by atoms with van der Waals surface area (Å²) in [4.78, 5) is 0. The minimum absolute atomic E-state index is 0.434. The monoisotopic (exact) mass is 378 g/mol. The Morgan fingerprint density at radius 2 is 1.43 bits per heavy atom. The summed E-state index contributed by atoms with van der Waals surface area (Å²) in [6.07, 6.45) is 3.64. The Balaban J connectivity index is 2.06. The first kappa shape index (κ1) is 19.6. The van der Waals surface area contributed by atoms with Gasteiger partial charge in [0.2, 0.25) is 0 Å². The minimum Gasteiger partial charge on any atom is -0.498 e. The van der Waals surface area contributed by atoms with E-state index in [-0.39, 0.29) is 0 Å². The maximum absolute atomic E-state index is 6.16. The van der Waals surface area contributed by atoms with Crippen molar-refractivity contribution in [3.05, 3.63) is 73.7 Å². The highest BCUT2D eigenvalue weighted by Gasteiger charge is 2.16. The number of rotatable bonds is 11. The summed E-state index contributed by atoms with van der Waals surface area (Å²) < 4.78 is 22.6. The molecule has 3 aromatic carbocycles. The van der Waals surface area contributed by atoms with Gasteiger partial charge in [-0.1, -0.05) is 44.3 Å². The van der Waals surface area contributed by atoms with E-state index in [9.17, 15) is 0 Å². The van der Waals surface area contributed by atoms with E-state index in [1.165, 1.54) is 23.3 Å². The molecule has 0 bridgehead atoms. The molecular formula is C24H26O4. The lowest BCUT2D eigenvalue weighted by molar-refractivity contribution is 0.173. The zero-order valence-corrected chi connectivity index (χ0v) is 16.3. The third-order valence-corrected chi connectivity index (χ3v) is 4.52. The standard InChI is InChI=1S/C24H26O4/c1-4-21-23(27-13-11-25-5-2)17-20-15-18-9-7-8-10-19(18)16-22(20)24(21)28-14-12-26-6-3/h5-10,15-17H,2-4,11-14H2,1H3. The zero-order chi connectivity index (χ0) is 19.8. The van der Waals surface area contributed by atoms with Gasteiger partial charge < -0.3 is 18.9 Å². The summed E-state index contributed by atoms with van der Waals surface area (Å²) in [7, 11) is 0. The van der Waals surface area contributed by atoms with Gasteiger partial charge in [0.25, 0.3) is 0 Å². The summed E-state index contributed by atoms with van der Waals surface area (Å²) in [6.45, 7) is 11.0. The number of ether oxygens (including phenoxy) is 4. The van der Waals surface area contributed by atoms with Crippen LogP contribution in [0.25, 0.3) is 21.5 Å². The Morgan fingerprint density at radius 3 is 2.07 bits per heavy atom. The van der Waals surface area contributed by atoms with Crippen LogP contribution in [0, 0.1) is 0 Å². The fourth-order valence-corrected chi connectivity index (χ4v) is 3.26. The third-order valence-electron chi connectivity index (χ3n) is 4.52. The maximum atomic E-state index is 6.16. The average Bonchev–Trinajstić information content (AvgIpc) is 2.72. The highest BCUT2D eigenvalue weighted by molar-refractivity contribution is 6.02. The molecule has 3 rings (SSSR count). The Bertz CT molecular complexity index is 962. The van der Waals surface area contributed by atoms with Crippen LogP contribution in [0.4, 0.5) is 0 Å². The van der Waals surface area contributed by atoms with Gasteiger partial charge in [-0.3, -0.25) is 0 Å². The van der Waals surface area contributed by atoms with Crippen molar-refractivity contribution in [3.8, 4) is 11.5 Å². The third kappa shape index (κ3) is 4.39. The molecule has 0 unspecified atom stereocenters. The van der Waals surface area contributed by atoms with E-state index in [0.29, 0.717) is 26.4 Å². The van der Waals surface area contributed by atoms with E-state index in [1.54, 1.807) is 0 Å². The molecule has 3 aromatic rings. The van der Waals surface area contributed by atoms with Crippen LogP contribution in [0.1, 0.15) is 12.5 Å². The summed E-state index contributed by atoms with van der Waals surface area (Å²) in [5.41, 5.74) is 1.04. The molecule has 0 saturated carbocycles. The van der Waals surface area contributed by atoms with Crippen LogP contribution < -0.4 is 9.47 Å². The van der Waals surface area contributed by atoms with Crippen LogP contribution in [0.5, 0.6) is 11.5 Å². The summed E-state index contributed by atoms with van der Waals surface area (Å²) in [5, 5.41) is 4.51. The second-order valence-corrected chi connectivity index (χ2v) is 6.23. The molecule has 0 aliphatic carbocycles. The van der Waals surface area contributed by atoms with Crippen LogP contribution in [-0.4, -0.2) is 26.4 Å². The van der Waals surface area contributed by atoms with E-state index < -0.39 is 0 Å². The molecule has 28 heavy (non-hydrogen) atoms. The van der Waals surface area contributed by atoms with Crippen molar-refractivity contribution in [2.24, 2.45) is 0 Å². The normalized spacial score (nSPS) is 10.6. The molecule has 0 saturated heterocycles. The van der Waals surface area contributed by atoms with Crippen molar-refractivity contribution >= 4 is 21.5 Å². The van der Waals surface area contributed by atoms with E-state index in [1.807, 2.05) is 12.1 Å². The molecule has 4 heteroatoms. The first-order valence-corrected chi connectivity index (χ1v) is 9.47. The topological polar surface area (TPSA) is 36.9 Å². The van der Waals surface area contributed by atoms with Gasteiger partial charge in [-0.2, -0.15) is 0 Å². The van der Waals surface area contributed by atoms with E-state index in [4.69, 9.17) is 18.9 Å². The van der Waals surface area contributed by atoms with Gasteiger partial charge in [0.05, 0.1) is 12.5 Å². The fourth-order valence-electron chi connectivity index (χ4n) is 3.26. The van der Waals surface area contributed by atoms with Crippen LogP contribution in [-0.2, 0) is 15.9 Å². The smallest absolute Gasteiger partial charge is 0.134 e. The molecule has 0 aliphatic heterocycles. The SMILES string of the molecule is C=COCCOc1cc2cc3ccccc3cc2c(OCCOC=C)c1CC. The molecule has 0 fully saturated rings. The molecule has 0 aliphatic rings. The van der Waals surface area contributed by atoms with Gasteiger partial charge in [0, 0.05) is 10.9 Å². The first-order valence-electron chi connectivity index (χ1n) is 9.47. The molecule has 0 radical (unpaired) electrons. The van der Waals surface area contributed by atoms with E-state index >= 15 is 0 Å². The van der Waals surface area contributed by atoms with Crippen molar-refractivity contribution < 1.29 is 18.9 Å². The number of fused-ring (bicyclic) bond motifs is 2. The van der Waals surface area contributed by atoms with Gasteiger partial charge in [-0.25, -0.2) is 0 Å². The van der Waals surface area contributed by atoms with Gasteiger partial charge in [0.1, 0.15) is 37.9 Å². The lowest BCUT2D eigenvalue weighted by Crippen LogP contribution is -2.09. The lowest BCUT2D eigenvalue weighted by atomic mass is 9.98. The fraction of sp³-hybridized carbons (Fsp3) is 0.250. The van der Waals surface area contributed by atoms with Crippen LogP contribution >= 0.6 is 0 Å². The highest BCUT2D eigenvalue weighted by Crippen LogP contribution is 2.39. The zero-order valence-electron chi connectivity index (χ0n) is 16.3. The molecule has 0 atom stereocenters. The molecule has 4 nitrogen and oxygen atoms in total. The molecule has 0 amide bonds. The molecule has 0 N–H and O–H groups in total. The van der Waals surface area contributed by atoms with Crippen LogP contribution in [0.15, 0.2) is 68.1 Å². The lowest BCUT2D eigenvalue weighted by Gasteiger charge is -2.19. The van der Waals surface area contributed by atoms with Crippen molar-refractivity contribution in [2.75, 3.05) is 26.4 Å². The number of benzene rings is 3. The Hall–Kier alpha value is -3.14. The second kappa shape index (κ2) is 9.70. The molecular weight excluding hydrogens is 352 g/mol. The minimum atomic E-state index is 0.434. The van der Waals surface area contributed by atoms with Gasteiger partial charge >= 0.3 is 0 Å². The predicted molar refractivity (Wildman–Crippen MR) is 114 cm³/mol. The van der Waals surface area contributed by atoms with Gasteiger partial charge in [-0.15, -0.1) is 0 Å². The Kier molecular flexibility index (Phi) is 6.79. The predicted octanol–water partition coefficient (Wildman–Crippen LogP) is 5.63. The summed E-state index contributed by atoms with van der Waals surface area (Å²) in [5.74, 6) is 1.66. The van der Waals surface area contributed by atoms with Gasteiger partial charge in [0.15, 0.2) is 0 Å². The summed E-state index contributed by atoms with van der Waals surface area (Å²) >= 11 is 0. The first-order chi connectivity index (χ1) is 13.8. The Morgan fingerprint density at radius 1 is 0.786 bits per heavy atom. The Labute approximate surface area is 166 Å². The van der Waals surface area contributed by atoms with Crippen LogP contribution in [0.3, 0.4) is 0 Å². The summed E-state index contributed by atoms with van der Waals surface area (Å²) in [6, 6.07) is 14.7. The van der Waals surface area contributed by atoms with Gasteiger partial charge in [-0.05, 0) is 40.8 Å². The number of hydrogen-bond donors (Lipinski definition) is 0. The van der Waals surface area contributed by atoms with E-state index in [2.05, 4.69) is 50.4 Å². The molecule has 146 valence electrons. The maximum Gasteiger partial charge on any atom is 0.134 e. The van der Waals surface area contributed by atoms with Crippen molar-refractivity contribution in [3.63, 3.8) is 0 Å². The van der Waals surface area contributed by atoms with Crippen LogP contribution in [0.2, 0.25) is 0 Å². The molecule has 0 heterocycles. The van der Waals surface area contributed by atoms with Crippen molar-refractivity contribution in [1.82, 2.24) is 0 Å². The van der Waals surface area contributed by atoms with E-state index in [0.717, 1.165) is 34.3 Å². The van der Waals surface area contributed by atoms with Crippen molar-refractivity contribution in [1.29, 1.82) is 0 Å². The molecule has 0 aromatic heterocycles. The molecule has 0 spiro atoms. The highest BCUT2D eigenvalue weighted by atomic mass is 16.5. The van der Waals surface area contributed by atoms with Crippen molar-refractivity contribution in [2.45, 2.75) is 13.3 Å². The quantitative estimate of drug-likeness (QED) is 0.246. The largest absolute Gasteiger partial charge is 0.498 e.